The van der Waals surface area contributed by atoms with Crippen LogP contribution in [0.1, 0.15) is 5.56 Å². The maximum atomic E-state index is 9.12. The fourth-order valence-corrected chi connectivity index (χ4v) is 3.01. The Balaban J connectivity index is 2.53. The second kappa shape index (κ2) is 6.71. The zero-order valence-electron chi connectivity index (χ0n) is 8.59. The highest BCUT2D eigenvalue weighted by molar-refractivity contribution is 7.96. The highest BCUT2D eigenvalue weighted by Crippen LogP contribution is 2.13. The lowest BCUT2D eigenvalue weighted by molar-refractivity contribution is 0.316. The van der Waals surface area contributed by atoms with E-state index in [1.807, 2.05) is 12.1 Å². The van der Waals surface area contributed by atoms with E-state index in [1.165, 1.54) is 0 Å². The van der Waals surface area contributed by atoms with Crippen LogP contribution in [0.4, 0.5) is 0 Å². The van der Waals surface area contributed by atoms with E-state index < -0.39 is 0 Å². The summed E-state index contributed by atoms with van der Waals surface area (Å²) in [6.45, 7) is 0.336. The Labute approximate surface area is 92.7 Å². The molecule has 0 aromatic heterocycles. The van der Waals surface area contributed by atoms with Crippen molar-refractivity contribution in [2.45, 2.75) is 5.75 Å². The van der Waals surface area contributed by atoms with Gasteiger partial charge in [-0.2, -0.15) is 0 Å². The molecule has 0 atom stereocenters. The van der Waals surface area contributed by atoms with Crippen LogP contribution in [0.2, 0.25) is 0 Å². The number of phenolic OH excluding ortho intramolecular Hbond substituents is 1. The molecule has 0 bridgehead atoms. The van der Waals surface area contributed by atoms with E-state index in [9.17, 15) is 0 Å². The summed E-state index contributed by atoms with van der Waals surface area (Å²) in [6.07, 6.45) is 0. The van der Waals surface area contributed by atoms with Gasteiger partial charge < -0.3 is 15.3 Å². The van der Waals surface area contributed by atoms with Crippen LogP contribution < -0.4 is 0 Å². The molecule has 3 nitrogen and oxygen atoms in total. The summed E-state index contributed by atoms with van der Waals surface area (Å²) in [5, 5.41) is 26.9. The van der Waals surface area contributed by atoms with Gasteiger partial charge in [-0.1, -0.05) is 12.1 Å². The van der Waals surface area contributed by atoms with Crippen molar-refractivity contribution in [3.63, 3.8) is 0 Å². The molecule has 0 radical (unpaired) electrons. The molecule has 0 aliphatic rings. The molecule has 15 heavy (non-hydrogen) atoms. The smallest absolute Gasteiger partial charge is 0.133 e. The number of aromatic hydroxyl groups is 1. The topological polar surface area (TPSA) is 60.7 Å². The number of hydrogen-bond donors (Lipinski definition) is 3. The zero-order valence-corrected chi connectivity index (χ0v) is 9.41. The molecule has 0 unspecified atom stereocenters. The van der Waals surface area contributed by atoms with Crippen molar-refractivity contribution in [1.29, 1.82) is 0 Å². The minimum atomic E-state index is 0.0363. The van der Waals surface area contributed by atoms with Gasteiger partial charge in [0.25, 0.3) is 0 Å². The Morgan fingerprint density at radius 2 is 1.47 bits per heavy atom. The van der Waals surface area contributed by atoms with Crippen molar-refractivity contribution in [1.82, 2.24) is 0 Å². The highest BCUT2D eigenvalue weighted by atomic mass is 32.2. The first-order chi connectivity index (χ1) is 7.26. The number of hydrogen-bond acceptors (Lipinski definition) is 3. The molecular weight excluding hydrogens is 212 g/mol. The Bertz CT molecular complexity index is 268. The van der Waals surface area contributed by atoms with Gasteiger partial charge in [0, 0.05) is 5.56 Å². The Morgan fingerprint density at radius 1 is 0.933 bits per heavy atom. The van der Waals surface area contributed by atoms with Crippen LogP contribution in [-0.2, 0) is 16.6 Å². The average Bonchev–Trinajstić information content (AvgIpc) is 2.22. The maximum absolute atomic E-state index is 9.12. The summed E-state index contributed by atoms with van der Waals surface area (Å²) in [5.41, 5.74) is 1.14. The lowest BCUT2D eigenvalue weighted by Crippen LogP contribution is -2.19. The minimum absolute atomic E-state index is 0.0363. The van der Waals surface area contributed by atoms with E-state index in [4.69, 9.17) is 15.3 Å². The zero-order chi connectivity index (χ0) is 11.1. The first kappa shape index (κ1) is 12.4. The van der Waals surface area contributed by atoms with Crippen LogP contribution >= 0.6 is 0 Å². The molecule has 0 fully saturated rings. The normalized spacial score (nSPS) is 10.9. The fraction of sp³-hybridized carbons (Fsp3) is 0.455. The summed E-state index contributed by atoms with van der Waals surface area (Å²) >= 11 is 0. The van der Waals surface area contributed by atoms with Crippen LogP contribution in [0.3, 0.4) is 0 Å². The molecule has 1 aromatic carbocycles. The Morgan fingerprint density at radius 3 is 1.93 bits per heavy atom. The van der Waals surface area contributed by atoms with Crippen LogP contribution in [0.15, 0.2) is 24.3 Å². The van der Waals surface area contributed by atoms with Gasteiger partial charge in [-0.15, -0.1) is 0 Å². The van der Waals surface area contributed by atoms with Crippen LogP contribution in [-0.4, -0.2) is 40.0 Å². The van der Waals surface area contributed by atoms with E-state index in [1.54, 1.807) is 12.1 Å². The lowest BCUT2D eigenvalue weighted by Gasteiger charge is -2.06. The summed E-state index contributed by atoms with van der Waals surface area (Å²) in [4.78, 5) is 0. The SMILES string of the molecule is OCC[S+](CCO)Cc1ccc(O)cc1. The van der Waals surface area contributed by atoms with Crippen molar-refractivity contribution in [3.8, 4) is 5.75 Å². The van der Waals surface area contributed by atoms with Crippen molar-refractivity contribution < 1.29 is 15.3 Å². The predicted octanol–water partition coefficient (Wildman–Crippen LogP) is 0.495. The molecule has 0 heterocycles. The van der Waals surface area contributed by atoms with Gasteiger partial charge in [-0.25, -0.2) is 0 Å². The van der Waals surface area contributed by atoms with Crippen LogP contribution in [0.25, 0.3) is 0 Å². The van der Waals surface area contributed by atoms with Gasteiger partial charge in [0.2, 0.25) is 0 Å². The Kier molecular flexibility index (Phi) is 5.53. The molecule has 1 rings (SSSR count). The van der Waals surface area contributed by atoms with Crippen LogP contribution in [0, 0.1) is 0 Å². The van der Waals surface area contributed by atoms with Gasteiger partial charge in [0.15, 0.2) is 0 Å². The molecule has 4 heteroatoms. The predicted molar refractivity (Wildman–Crippen MR) is 63.1 cm³/mol. The molecular formula is C11H17O3S+. The van der Waals surface area contributed by atoms with Crippen molar-refractivity contribution in [3.05, 3.63) is 29.8 Å². The average molecular weight is 229 g/mol. The quantitative estimate of drug-likeness (QED) is 0.622. The summed E-state index contributed by atoms with van der Waals surface area (Å²) in [5.74, 6) is 2.60. The number of benzene rings is 1. The largest absolute Gasteiger partial charge is 0.508 e. The molecule has 0 saturated carbocycles. The minimum Gasteiger partial charge on any atom is -0.508 e. The second-order valence-corrected chi connectivity index (χ2v) is 5.61. The van der Waals surface area contributed by atoms with Gasteiger partial charge >= 0.3 is 0 Å². The first-order valence-electron chi connectivity index (χ1n) is 4.90. The second-order valence-electron chi connectivity index (χ2n) is 3.28. The van der Waals surface area contributed by atoms with Crippen molar-refractivity contribution in [2.24, 2.45) is 0 Å². The van der Waals surface area contributed by atoms with Gasteiger partial charge in [0.05, 0.1) is 13.2 Å². The fourth-order valence-electron chi connectivity index (χ4n) is 1.33. The molecule has 0 amide bonds. The van der Waals surface area contributed by atoms with Crippen molar-refractivity contribution >= 4 is 10.9 Å². The molecule has 0 aliphatic carbocycles. The molecule has 0 saturated heterocycles. The monoisotopic (exact) mass is 229 g/mol. The number of phenols is 1. The molecule has 1 aromatic rings. The highest BCUT2D eigenvalue weighted by Gasteiger charge is 2.17. The van der Waals surface area contributed by atoms with Gasteiger partial charge in [-0.3, -0.25) is 0 Å². The third-order valence-corrected chi connectivity index (χ3v) is 4.33. The van der Waals surface area contributed by atoms with Gasteiger partial charge in [0.1, 0.15) is 23.0 Å². The van der Waals surface area contributed by atoms with E-state index in [-0.39, 0.29) is 29.9 Å². The standard InChI is InChI=1S/C11H16O3S/c12-5-7-15(8-6-13)9-10-1-3-11(14)4-2-10/h1-4,12-13H,5-9H2/p+1. The van der Waals surface area contributed by atoms with E-state index in [2.05, 4.69) is 0 Å². The van der Waals surface area contributed by atoms with Crippen LogP contribution in [0.5, 0.6) is 5.75 Å². The Hall–Kier alpha value is -0.710. The molecule has 0 spiro atoms. The van der Waals surface area contributed by atoms with Gasteiger partial charge in [-0.05, 0) is 23.0 Å². The first-order valence-corrected chi connectivity index (χ1v) is 6.63. The number of rotatable bonds is 6. The van der Waals surface area contributed by atoms with Crippen molar-refractivity contribution in [2.75, 3.05) is 24.7 Å². The van der Waals surface area contributed by atoms with E-state index in [0.717, 1.165) is 22.8 Å². The molecule has 3 N–H and O–H groups in total. The molecule has 84 valence electrons. The number of aliphatic hydroxyl groups is 2. The van der Waals surface area contributed by atoms with E-state index in [0.29, 0.717) is 0 Å². The third kappa shape index (κ3) is 4.55. The summed E-state index contributed by atoms with van der Waals surface area (Å²) in [6, 6.07) is 7.08. The molecule has 0 aliphatic heterocycles. The third-order valence-electron chi connectivity index (χ3n) is 2.07. The van der Waals surface area contributed by atoms with E-state index >= 15 is 0 Å². The lowest BCUT2D eigenvalue weighted by atomic mass is 10.2. The maximum Gasteiger partial charge on any atom is 0.133 e. The summed E-state index contributed by atoms with van der Waals surface area (Å²) < 4.78 is 0. The summed E-state index contributed by atoms with van der Waals surface area (Å²) in [7, 11) is 0.0363. The number of aliphatic hydroxyl groups excluding tert-OH is 2.